The molecular weight excluding hydrogens is 428 g/mol. The highest BCUT2D eigenvalue weighted by atomic mass is 35.5. The van der Waals surface area contributed by atoms with E-state index < -0.39 is 23.7 Å². The van der Waals surface area contributed by atoms with E-state index in [1.807, 2.05) is 0 Å². The normalized spacial score (nSPS) is 13.2. The Bertz CT molecular complexity index is 1140. The molecule has 3 aromatic rings. The summed E-state index contributed by atoms with van der Waals surface area (Å²) in [7, 11) is 3.19. The van der Waals surface area contributed by atoms with Crippen LogP contribution in [-0.2, 0) is 0 Å². The van der Waals surface area contributed by atoms with E-state index in [1.54, 1.807) is 7.05 Å². The number of aromatic nitrogens is 3. The van der Waals surface area contributed by atoms with Gasteiger partial charge in [0.2, 0.25) is 5.62 Å². The van der Waals surface area contributed by atoms with Crippen molar-refractivity contribution in [2.75, 3.05) is 32.7 Å². The Labute approximate surface area is 174 Å². The summed E-state index contributed by atoms with van der Waals surface area (Å²) >= 11 is 6.16. The van der Waals surface area contributed by atoms with Gasteiger partial charge >= 0.3 is 6.18 Å². The number of fused-ring (bicyclic) bond motifs is 3. The molecule has 0 unspecified atom stereocenters. The monoisotopic (exact) mass is 448 g/mol. The minimum atomic E-state index is -4.64. The zero-order chi connectivity index (χ0) is 22.2. The molecule has 0 spiro atoms. The standard InChI is InChI=1S/C18H21ClF4N6O/c1-9(18(21,22)23)28-12-8-10(30-6-4-5-25-2)7-11(20)13(12)14-15(19)27-17(24)29(26-3)16(14)28/h7-9,24-26H,4-6H2,1-3H3/t9-/m0/s1. The first-order valence-electron chi connectivity index (χ1n) is 9.14. The number of nitrogens with zero attached hydrogens (tertiary/aromatic N) is 3. The molecule has 0 bridgehead atoms. The van der Waals surface area contributed by atoms with Crippen LogP contribution in [0.5, 0.6) is 5.75 Å². The number of benzene rings is 1. The second-order valence-corrected chi connectivity index (χ2v) is 7.03. The van der Waals surface area contributed by atoms with Crippen molar-refractivity contribution in [3.63, 3.8) is 0 Å². The Morgan fingerprint density at radius 3 is 2.57 bits per heavy atom. The first kappa shape index (κ1) is 22.2. The Morgan fingerprint density at radius 1 is 1.27 bits per heavy atom. The van der Waals surface area contributed by atoms with Gasteiger partial charge in [0.05, 0.1) is 17.5 Å². The summed E-state index contributed by atoms with van der Waals surface area (Å²) in [5, 5.41) is 10.5. The molecule has 0 saturated carbocycles. The van der Waals surface area contributed by atoms with E-state index in [0.717, 1.165) is 22.2 Å². The topological polar surface area (TPSA) is 79.9 Å². The number of halogens is 5. The molecular formula is C18H21ClF4N6O. The third-order valence-electron chi connectivity index (χ3n) is 4.76. The number of hydrogen-bond donors (Lipinski definition) is 3. The minimum absolute atomic E-state index is 0.0210. The molecule has 164 valence electrons. The minimum Gasteiger partial charge on any atom is -0.493 e. The predicted octanol–water partition coefficient (Wildman–Crippen LogP) is 3.55. The SMILES string of the molecule is CNCCCOc1cc(F)c2c3c(Cl)nc(=N)n(NC)c3n([C@@H](C)C(F)(F)F)c2c1. The highest BCUT2D eigenvalue weighted by Gasteiger charge is 2.40. The molecule has 2 aromatic heterocycles. The largest absolute Gasteiger partial charge is 0.493 e. The van der Waals surface area contributed by atoms with E-state index in [1.165, 1.54) is 13.1 Å². The molecule has 1 aromatic carbocycles. The van der Waals surface area contributed by atoms with Gasteiger partial charge < -0.3 is 20.0 Å². The summed E-state index contributed by atoms with van der Waals surface area (Å²) in [5.74, 6) is -0.695. The van der Waals surface area contributed by atoms with Crippen LogP contribution in [0.3, 0.4) is 0 Å². The Kier molecular flexibility index (Phi) is 6.14. The quantitative estimate of drug-likeness (QED) is 0.293. The number of ether oxygens (including phenoxy) is 1. The molecule has 7 nitrogen and oxygen atoms in total. The highest BCUT2D eigenvalue weighted by Crippen LogP contribution is 2.41. The van der Waals surface area contributed by atoms with Crippen molar-refractivity contribution in [2.24, 2.45) is 0 Å². The second-order valence-electron chi connectivity index (χ2n) is 6.68. The van der Waals surface area contributed by atoms with Crippen molar-refractivity contribution in [1.29, 1.82) is 5.41 Å². The third kappa shape index (κ3) is 3.79. The fourth-order valence-corrected chi connectivity index (χ4v) is 3.60. The fraction of sp³-hybridized carbons (Fsp3) is 0.444. The maximum absolute atomic E-state index is 15.1. The van der Waals surface area contributed by atoms with Crippen LogP contribution in [0.25, 0.3) is 21.9 Å². The molecule has 1 atom stereocenters. The van der Waals surface area contributed by atoms with Gasteiger partial charge in [-0.15, -0.1) is 0 Å². The van der Waals surface area contributed by atoms with Crippen molar-refractivity contribution < 1.29 is 22.3 Å². The lowest BCUT2D eigenvalue weighted by Gasteiger charge is -2.21. The number of rotatable bonds is 7. The summed E-state index contributed by atoms with van der Waals surface area (Å²) in [6.45, 7) is 1.89. The van der Waals surface area contributed by atoms with E-state index in [-0.39, 0.29) is 39.4 Å². The van der Waals surface area contributed by atoms with Crippen LogP contribution in [0.2, 0.25) is 5.15 Å². The molecule has 0 fully saturated rings. The average molecular weight is 449 g/mol. The predicted molar refractivity (Wildman–Crippen MR) is 106 cm³/mol. The van der Waals surface area contributed by atoms with Crippen LogP contribution in [0.4, 0.5) is 17.6 Å². The van der Waals surface area contributed by atoms with Crippen molar-refractivity contribution in [3.8, 4) is 5.75 Å². The van der Waals surface area contributed by atoms with Gasteiger partial charge in [0.1, 0.15) is 28.4 Å². The van der Waals surface area contributed by atoms with E-state index in [0.29, 0.717) is 13.0 Å². The molecule has 0 radical (unpaired) electrons. The highest BCUT2D eigenvalue weighted by molar-refractivity contribution is 6.36. The molecule has 2 heterocycles. The molecule has 3 N–H and O–H groups in total. The molecule has 0 saturated heterocycles. The average Bonchev–Trinajstić information content (AvgIpc) is 3.00. The van der Waals surface area contributed by atoms with Crippen LogP contribution in [0, 0.1) is 11.2 Å². The van der Waals surface area contributed by atoms with E-state index >= 15 is 4.39 Å². The fourth-order valence-electron chi connectivity index (χ4n) is 3.34. The van der Waals surface area contributed by atoms with Crippen molar-refractivity contribution in [1.82, 2.24) is 19.5 Å². The Morgan fingerprint density at radius 2 is 1.97 bits per heavy atom. The smallest absolute Gasteiger partial charge is 0.408 e. The van der Waals surface area contributed by atoms with Crippen LogP contribution in [0.15, 0.2) is 12.1 Å². The Balaban J connectivity index is 2.38. The van der Waals surface area contributed by atoms with Crippen LogP contribution < -0.4 is 21.1 Å². The summed E-state index contributed by atoms with van der Waals surface area (Å²) in [4.78, 5) is 3.82. The molecule has 0 aliphatic carbocycles. The van der Waals surface area contributed by atoms with Crippen molar-refractivity contribution in [3.05, 3.63) is 28.7 Å². The van der Waals surface area contributed by atoms with Crippen LogP contribution in [0.1, 0.15) is 19.4 Å². The summed E-state index contributed by atoms with van der Waals surface area (Å²) in [6.07, 6.45) is -4.00. The molecule has 3 rings (SSSR count). The maximum Gasteiger partial charge on any atom is 0.408 e. The second kappa shape index (κ2) is 8.31. The van der Waals surface area contributed by atoms with Gasteiger partial charge in [-0.3, -0.25) is 5.41 Å². The van der Waals surface area contributed by atoms with Gasteiger partial charge in [-0.05, 0) is 26.9 Å². The molecule has 30 heavy (non-hydrogen) atoms. The van der Waals surface area contributed by atoms with E-state index in [4.69, 9.17) is 21.7 Å². The lowest BCUT2D eigenvalue weighted by molar-refractivity contribution is -0.161. The summed E-state index contributed by atoms with van der Waals surface area (Å²) in [6, 6.07) is 0.423. The third-order valence-corrected chi connectivity index (χ3v) is 5.04. The van der Waals surface area contributed by atoms with Gasteiger partial charge in [-0.1, -0.05) is 11.6 Å². The van der Waals surface area contributed by atoms with E-state index in [9.17, 15) is 13.2 Å². The summed E-state index contributed by atoms with van der Waals surface area (Å²) in [5.41, 5.74) is 2.02. The van der Waals surface area contributed by atoms with Crippen molar-refractivity contribution >= 4 is 33.5 Å². The Hall–Kier alpha value is -2.53. The first-order chi connectivity index (χ1) is 14.1. The van der Waals surface area contributed by atoms with Crippen LogP contribution in [-0.4, -0.2) is 47.7 Å². The number of alkyl halides is 3. The van der Waals surface area contributed by atoms with Gasteiger partial charge in [-0.2, -0.15) is 18.2 Å². The van der Waals surface area contributed by atoms with Crippen molar-refractivity contribution in [2.45, 2.75) is 25.6 Å². The lowest BCUT2D eigenvalue weighted by atomic mass is 10.2. The molecule has 0 aliphatic rings. The summed E-state index contributed by atoms with van der Waals surface area (Å²) < 4.78 is 63.7. The van der Waals surface area contributed by atoms with Crippen LogP contribution >= 0.6 is 11.6 Å². The van der Waals surface area contributed by atoms with Gasteiger partial charge in [0, 0.05) is 24.6 Å². The number of nitrogens with one attached hydrogen (secondary N) is 3. The van der Waals surface area contributed by atoms with Gasteiger partial charge in [-0.25, -0.2) is 9.07 Å². The first-order valence-corrected chi connectivity index (χ1v) is 9.51. The van der Waals surface area contributed by atoms with Gasteiger partial charge in [0.25, 0.3) is 0 Å². The lowest BCUT2D eigenvalue weighted by Crippen LogP contribution is -2.32. The molecule has 0 aliphatic heterocycles. The zero-order valence-electron chi connectivity index (χ0n) is 16.5. The number of hydrogen-bond acceptors (Lipinski definition) is 5. The van der Waals surface area contributed by atoms with E-state index in [2.05, 4.69) is 15.7 Å². The zero-order valence-corrected chi connectivity index (χ0v) is 17.2. The molecule has 12 heteroatoms. The maximum atomic E-state index is 15.1. The molecule has 0 amide bonds. The van der Waals surface area contributed by atoms with Gasteiger partial charge in [0.15, 0.2) is 0 Å².